The Morgan fingerprint density at radius 1 is 1.16 bits per heavy atom. The van der Waals surface area contributed by atoms with Crippen molar-refractivity contribution in [1.82, 2.24) is 5.32 Å². The predicted molar refractivity (Wildman–Crippen MR) is 141 cm³/mol. The number of methoxy groups -OCH3 is 1. The van der Waals surface area contributed by atoms with E-state index >= 15 is 0 Å². The predicted octanol–water partition coefficient (Wildman–Crippen LogP) is 2.76. The third kappa shape index (κ3) is 7.91. The van der Waals surface area contributed by atoms with E-state index in [4.69, 9.17) is 14.2 Å². The van der Waals surface area contributed by atoms with Crippen LogP contribution in [0, 0.1) is 5.92 Å². The summed E-state index contributed by atoms with van der Waals surface area (Å²) in [5.74, 6) is 0.292. The normalized spacial score (nSPS) is 17.4. The number of nitrogens with zero attached hydrogens (tertiary/aromatic N) is 1. The molecular formula is C27H38N2O7S. The number of hydrogen-bond acceptors (Lipinski definition) is 7. The Hall–Kier alpha value is -2.66. The smallest absolute Gasteiger partial charge is 0.264 e. The maximum atomic E-state index is 13.7. The zero-order valence-corrected chi connectivity index (χ0v) is 22.7. The third-order valence-electron chi connectivity index (χ3n) is 6.17. The maximum absolute atomic E-state index is 13.7. The van der Waals surface area contributed by atoms with Crippen LogP contribution in [-0.2, 0) is 30.7 Å². The minimum Gasteiger partial charge on any atom is -0.497 e. The number of rotatable bonds is 13. The van der Waals surface area contributed by atoms with Crippen LogP contribution in [0.3, 0.4) is 0 Å². The summed E-state index contributed by atoms with van der Waals surface area (Å²) in [6, 6.07) is 12.8. The fourth-order valence-corrected chi connectivity index (χ4v) is 5.76. The minimum atomic E-state index is -3.89. The molecule has 1 amide bonds. The summed E-state index contributed by atoms with van der Waals surface area (Å²) < 4.78 is 44.8. The summed E-state index contributed by atoms with van der Waals surface area (Å²) in [5, 5.41) is 13.7. The number of benzene rings is 2. The number of para-hydroxylation sites is 1. The van der Waals surface area contributed by atoms with E-state index in [1.165, 1.54) is 23.5 Å². The van der Waals surface area contributed by atoms with Gasteiger partial charge in [0.2, 0.25) is 5.91 Å². The van der Waals surface area contributed by atoms with Crippen molar-refractivity contribution in [2.45, 2.75) is 56.8 Å². The summed E-state index contributed by atoms with van der Waals surface area (Å²) in [7, 11) is -2.36. The number of aliphatic hydroxyl groups excluding tert-OH is 1. The average molecular weight is 535 g/mol. The van der Waals surface area contributed by atoms with Crippen molar-refractivity contribution in [3.63, 3.8) is 0 Å². The average Bonchev–Trinajstić information content (AvgIpc) is 3.40. The van der Waals surface area contributed by atoms with Crippen LogP contribution in [0.2, 0.25) is 0 Å². The molecule has 1 fully saturated rings. The van der Waals surface area contributed by atoms with Crippen molar-refractivity contribution in [2.24, 2.45) is 5.92 Å². The van der Waals surface area contributed by atoms with E-state index in [1.54, 1.807) is 43.3 Å². The lowest BCUT2D eigenvalue weighted by Crippen LogP contribution is -2.44. The Morgan fingerprint density at radius 3 is 2.49 bits per heavy atom. The summed E-state index contributed by atoms with van der Waals surface area (Å²) in [5.41, 5.74) is 1.15. The molecule has 2 aromatic rings. The van der Waals surface area contributed by atoms with Gasteiger partial charge in [-0.1, -0.05) is 32.0 Å². The second-order valence-corrected chi connectivity index (χ2v) is 11.5. The monoisotopic (exact) mass is 534 g/mol. The summed E-state index contributed by atoms with van der Waals surface area (Å²) in [4.78, 5) is 12.5. The van der Waals surface area contributed by atoms with Gasteiger partial charge in [-0.25, -0.2) is 8.42 Å². The SMILES string of the molecule is COc1ccc(S(=O)(=O)N(CC(C)C)c2ccccc2C[C@@H](O)[C@H](C)NC(=O)COC2CCOC2)cc1. The van der Waals surface area contributed by atoms with Crippen LogP contribution < -0.4 is 14.4 Å². The first kappa shape index (κ1) is 28.9. The van der Waals surface area contributed by atoms with Crippen molar-refractivity contribution >= 4 is 21.6 Å². The van der Waals surface area contributed by atoms with Crippen LogP contribution in [0.4, 0.5) is 5.69 Å². The van der Waals surface area contributed by atoms with Gasteiger partial charge in [0.25, 0.3) is 10.0 Å². The molecule has 2 aromatic carbocycles. The molecule has 1 unspecified atom stereocenters. The second-order valence-electron chi connectivity index (χ2n) is 9.66. The largest absolute Gasteiger partial charge is 0.497 e. The number of nitrogens with one attached hydrogen (secondary N) is 1. The van der Waals surface area contributed by atoms with Crippen molar-refractivity contribution in [1.29, 1.82) is 0 Å². The van der Waals surface area contributed by atoms with Crippen molar-refractivity contribution in [3.8, 4) is 5.75 Å². The molecule has 204 valence electrons. The summed E-state index contributed by atoms with van der Waals surface area (Å²) in [6.45, 7) is 6.87. The van der Waals surface area contributed by atoms with Crippen molar-refractivity contribution < 1.29 is 32.5 Å². The van der Waals surface area contributed by atoms with Gasteiger partial charge < -0.3 is 24.6 Å². The molecule has 1 aliphatic rings. The second kappa shape index (κ2) is 13.2. The highest BCUT2D eigenvalue weighted by molar-refractivity contribution is 7.92. The quantitative estimate of drug-likeness (QED) is 0.406. The van der Waals surface area contributed by atoms with Gasteiger partial charge in [-0.15, -0.1) is 0 Å². The lowest BCUT2D eigenvalue weighted by atomic mass is 10.0. The van der Waals surface area contributed by atoms with E-state index < -0.39 is 22.2 Å². The van der Waals surface area contributed by atoms with E-state index in [2.05, 4.69) is 5.32 Å². The van der Waals surface area contributed by atoms with E-state index in [1.807, 2.05) is 13.8 Å². The van der Waals surface area contributed by atoms with Gasteiger partial charge in [0.15, 0.2) is 0 Å². The van der Waals surface area contributed by atoms with Crippen LogP contribution in [0.1, 0.15) is 32.8 Å². The number of carbonyl (C=O) groups is 1. The molecule has 0 aromatic heterocycles. The van der Waals surface area contributed by atoms with Crippen LogP contribution >= 0.6 is 0 Å². The Balaban J connectivity index is 1.76. The van der Waals surface area contributed by atoms with Gasteiger partial charge >= 0.3 is 0 Å². The highest BCUT2D eigenvalue weighted by Gasteiger charge is 2.29. The molecule has 1 aliphatic heterocycles. The molecule has 1 saturated heterocycles. The van der Waals surface area contributed by atoms with Crippen LogP contribution in [0.15, 0.2) is 53.4 Å². The van der Waals surface area contributed by atoms with Gasteiger partial charge in [-0.05, 0) is 55.2 Å². The summed E-state index contributed by atoms with van der Waals surface area (Å²) in [6.07, 6.45) is -0.113. The zero-order chi connectivity index (χ0) is 27.0. The van der Waals surface area contributed by atoms with Crippen LogP contribution in [0.25, 0.3) is 0 Å². The summed E-state index contributed by atoms with van der Waals surface area (Å²) >= 11 is 0. The minimum absolute atomic E-state index is 0.0504. The molecule has 0 saturated carbocycles. The van der Waals surface area contributed by atoms with E-state index in [0.717, 1.165) is 6.42 Å². The molecule has 3 rings (SSSR count). The standard InChI is InChI=1S/C27H38N2O7S/c1-19(2)16-29(37(32,33)24-11-9-22(34-4)10-12-24)25-8-6-5-7-21(25)15-26(30)20(3)28-27(31)18-36-23-13-14-35-17-23/h5-12,19-20,23,26,30H,13-18H2,1-4H3,(H,28,31)/t20-,23?,26+/m0/s1. The Bertz CT molecular complexity index is 1120. The fourth-order valence-electron chi connectivity index (χ4n) is 4.09. The van der Waals surface area contributed by atoms with Gasteiger partial charge in [-0.3, -0.25) is 9.10 Å². The van der Waals surface area contributed by atoms with E-state index in [-0.39, 0.29) is 42.4 Å². The topological polar surface area (TPSA) is 114 Å². The Labute approximate surface area is 219 Å². The molecule has 9 nitrogen and oxygen atoms in total. The van der Waals surface area contributed by atoms with Gasteiger partial charge in [0.05, 0.1) is 42.5 Å². The van der Waals surface area contributed by atoms with Gasteiger partial charge in [0.1, 0.15) is 12.4 Å². The van der Waals surface area contributed by atoms with E-state index in [9.17, 15) is 18.3 Å². The molecule has 10 heteroatoms. The maximum Gasteiger partial charge on any atom is 0.264 e. The number of hydrogen-bond donors (Lipinski definition) is 2. The third-order valence-corrected chi connectivity index (χ3v) is 7.97. The number of aliphatic hydroxyl groups is 1. The molecular weight excluding hydrogens is 496 g/mol. The first-order chi connectivity index (χ1) is 17.6. The molecule has 0 radical (unpaired) electrons. The number of ether oxygens (including phenoxy) is 3. The Morgan fingerprint density at radius 2 is 1.86 bits per heavy atom. The number of amides is 1. The molecule has 1 heterocycles. The van der Waals surface area contributed by atoms with Crippen molar-refractivity contribution in [3.05, 3.63) is 54.1 Å². The molecule has 0 aliphatic carbocycles. The number of carbonyl (C=O) groups excluding carboxylic acids is 1. The highest BCUT2D eigenvalue weighted by Crippen LogP contribution is 2.30. The van der Waals surface area contributed by atoms with Gasteiger partial charge in [-0.2, -0.15) is 0 Å². The fraction of sp³-hybridized carbons (Fsp3) is 0.519. The Kier molecular flexibility index (Phi) is 10.3. The number of anilines is 1. The van der Waals surface area contributed by atoms with Crippen LogP contribution in [0.5, 0.6) is 5.75 Å². The van der Waals surface area contributed by atoms with E-state index in [0.29, 0.717) is 30.2 Å². The lowest BCUT2D eigenvalue weighted by Gasteiger charge is -2.29. The molecule has 0 bridgehead atoms. The first-order valence-electron chi connectivity index (χ1n) is 12.5. The van der Waals surface area contributed by atoms with Gasteiger partial charge in [0, 0.05) is 19.6 Å². The molecule has 37 heavy (non-hydrogen) atoms. The zero-order valence-electron chi connectivity index (χ0n) is 21.9. The molecule has 3 atom stereocenters. The molecule has 0 spiro atoms. The van der Waals surface area contributed by atoms with Crippen molar-refractivity contribution in [2.75, 3.05) is 37.8 Å². The highest BCUT2D eigenvalue weighted by atomic mass is 32.2. The lowest BCUT2D eigenvalue weighted by molar-refractivity contribution is -0.129. The number of sulfonamides is 1. The first-order valence-corrected chi connectivity index (χ1v) is 14.0. The molecule has 2 N–H and O–H groups in total. The van der Waals surface area contributed by atoms with Crippen LogP contribution in [-0.4, -0.2) is 71.2 Å².